The highest BCUT2D eigenvalue weighted by Crippen LogP contribution is 2.34. The van der Waals surface area contributed by atoms with Crippen molar-refractivity contribution in [2.24, 2.45) is 11.7 Å². The van der Waals surface area contributed by atoms with Crippen LogP contribution in [-0.4, -0.2) is 43.7 Å². The van der Waals surface area contributed by atoms with E-state index in [9.17, 15) is 4.79 Å². The molecule has 0 aromatic heterocycles. The van der Waals surface area contributed by atoms with Crippen molar-refractivity contribution in [1.82, 2.24) is 4.90 Å². The van der Waals surface area contributed by atoms with E-state index in [0.29, 0.717) is 19.2 Å². The monoisotopic (exact) mass is 226 g/mol. The highest BCUT2D eigenvalue weighted by atomic mass is 16.5. The molecule has 0 amide bonds. The second kappa shape index (κ2) is 6.66. The van der Waals surface area contributed by atoms with Crippen molar-refractivity contribution in [3.8, 4) is 0 Å². The molecule has 1 aliphatic carbocycles. The Morgan fingerprint density at radius 2 is 2.31 bits per heavy atom. The minimum Gasteiger partial charge on any atom is -0.463 e. The molecule has 1 unspecified atom stereocenters. The maximum atomic E-state index is 11.1. The first kappa shape index (κ1) is 13.2. The molecule has 92 valence electrons. The van der Waals surface area contributed by atoms with Crippen molar-refractivity contribution in [2.45, 2.75) is 25.8 Å². The van der Waals surface area contributed by atoms with E-state index >= 15 is 0 Å². The van der Waals surface area contributed by atoms with Crippen LogP contribution in [-0.2, 0) is 9.53 Å². The lowest BCUT2D eigenvalue weighted by Gasteiger charge is -2.25. The third-order valence-electron chi connectivity index (χ3n) is 2.91. The summed E-state index contributed by atoms with van der Waals surface area (Å²) in [6, 6.07) is 0.451. The smallest absolute Gasteiger partial charge is 0.330 e. The third kappa shape index (κ3) is 4.33. The van der Waals surface area contributed by atoms with Crippen LogP contribution >= 0.6 is 0 Å². The van der Waals surface area contributed by atoms with Crippen LogP contribution in [0.15, 0.2) is 12.2 Å². The fraction of sp³-hybridized carbons (Fsp3) is 0.750. The molecule has 0 bridgehead atoms. The number of likely N-dealkylation sites (N-methyl/N-ethyl adjacent to an activating group) is 1. The lowest BCUT2D eigenvalue weighted by atomic mass is 10.1. The average Bonchev–Trinajstić information content (AvgIpc) is 3.03. The first-order chi connectivity index (χ1) is 7.69. The summed E-state index contributed by atoms with van der Waals surface area (Å²) in [5.41, 5.74) is 5.74. The van der Waals surface area contributed by atoms with E-state index in [1.807, 2.05) is 13.1 Å². The van der Waals surface area contributed by atoms with Gasteiger partial charge in [0.15, 0.2) is 0 Å². The maximum Gasteiger partial charge on any atom is 0.330 e. The van der Waals surface area contributed by atoms with Gasteiger partial charge in [0.2, 0.25) is 0 Å². The zero-order chi connectivity index (χ0) is 12.0. The second-order valence-corrected chi connectivity index (χ2v) is 4.23. The van der Waals surface area contributed by atoms with Crippen molar-refractivity contribution >= 4 is 5.97 Å². The summed E-state index contributed by atoms with van der Waals surface area (Å²) in [4.78, 5) is 13.3. The molecule has 1 atom stereocenters. The molecule has 0 saturated heterocycles. The van der Waals surface area contributed by atoms with Gasteiger partial charge in [0, 0.05) is 25.2 Å². The summed E-state index contributed by atoms with van der Waals surface area (Å²) < 4.78 is 4.80. The highest BCUT2D eigenvalue weighted by Gasteiger charge is 2.32. The van der Waals surface area contributed by atoms with Crippen LogP contribution in [0.1, 0.15) is 19.8 Å². The molecule has 4 nitrogen and oxygen atoms in total. The van der Waals surface area contributed by atoms with E-state index in [0.717, 1.165) is 12.5 Å². The Labute approximate surface area is 97.4 Å². The Hall–Kier alpha value is -0.870. The molecule has 16 heavy (non-hydrogen) atoms. The van der Waals surface area contributed by atoms with Gasteiger partial charge in [-0.1, -0.05) is 6.08 Å². The number of esters is 1. The van der Waals surface area contributed by atoms with Crippen LogP contribution in [0.25, 0.3) is 0 Å². The van der Waals surface area contributed by atoms with Gasteiger partial charge in [-0.3, -0.25) is 4.90 Å². The van der Waals surface area contributed by atoms with Crippen molar-refractivity contribution in [2.75, 3.05) is 26.7 Å². The predicted molar refractivity (Wildman–Crippen MR) is 64.0 cm³/mol. The lowest BCUT2D eigenvalue weighted by molar-refractivity contribution is -0.137. The van der Waals surface area contributed by atoms with Gasteiger partial charge in [0.25, 0.3) is 0 Å². The predicted octanol–water partition coefficient (Wildman–Crippen LogP) is 0.775. The SMILES string of the molecule is CCOC(=O)/C=C/CN(C)C(CN)C1CC1. The molecule has 1 fully saturated rings. The summed E-state index contributed by atoms with van der Waals surface area (Å²) in [5, 5.41) is 0. The molecular weight excluding hydrogens is 204 g/mol. The van der Waals surface area contributed by atoms with Gasteiger partial charge in [-0.15, -0.1) is 0 Å². The van der Waals surface area contributed by atoms with Crippen molar-refractivity contribution < 1.29 is 9.53 Å². The Bertz CT molecular complexity index is 249. The molecule has 0 aliphatic heterocycles. The Morgan fingerprint density at radius 3 is 2.81 bits per heavy atom. The normalized spacial score (nSPS) is 18.0. The van der Waals surface area contributed by atoms with Gasteiger partial charge in [-0.05, 0) is 32.7 Å². The molecule has 0 heterocycles. The maximum absolute atomic E-state index is 11.1. The number of hydrogen-bond donors (Lipinski definition) is 1. The van der Waals surface area contributed by atoms with Crippen molar-refractivity contribution in [3.05, 3.63) is 12.2 Å². The zero-order valence-corrected chi connectivity index (χ0v) is 10.2. The van der Waals surface area contributed by atoms with Crippen LogP contribution < -0.4 is 5.73 Å². The number of nitrogens with two attached hydrogens (primary N) is 1. The fourth-order valence-corrected chi connectivity index (χ4v) is 1.85. The summed E-state index contributed by atoms with van der Waals surface area (Å²) in [6.07, 6.45) is 5.89. The summed E-state index contributed by atoms with van der Waals surface area (Å²) in [6.45, 7) is 3.66. The molecule has 0 aromatic rings. The molecule has 0 radical (unpaired) electrons. The number of hydrogen-bond acceptors (Lipinski definition) is 4. The zero-order valence-electron chi connectivity index (χ0n) is 10.2. The molecule has 1 aliphatic rings. The van der Waals surface area contributed by atoms with Gasteiger partial charge < -0.3 is 10.5 Å². The molecule has 0 spiro atoms. The Balaban J connectivity index is 2.27. The van der Waals surface area contributed by atoms with E-state index in [-0.39, 0.29) is 5.97 Å². The minimum atomic E-state index is -0.272. The number of carbonyl (C=O) groups excluding carboxylic acids is 1. The van der Waals surface area contributed by atoms with Gasteiger partial charge in [0.1, 0.15) is 0 Å². The Morgan fingerprint density at radius 1 is 1.62 bits per heavy atom. The average molecular weight is 226 g/mol. The summed E-state index contributed by atoms with van der Waals surface area (Å²) in [5.74, 6) is 0.484. The van der Waals surface area contributed by atoms with Gasteiger partial charge in [-0.2, -0.15) is 0 Å². The Kier molecular flexibility index (Phi) is 5.49. The number of ether oxygens (including phenoxy) is 1. The quantitative estimate of drug-likeness (QED) is 0.515. The minimum absolute atomic E-state index is 0.272. The molecule has 1 rings (SSSR count). The van der Waals surface area contributed by atoms with Gasteiger partial charge in [0.05, 0.1) is 6.61 Å². The lowest BCUT2D eigenvalue weighted by Crippen LogP contribution is -2.39. The van der Waals surface area contributed by atoms with Crippen molar-refractivity contribution in [3.63, 3.8) is 0 Å². The van der Waals surface area contributed by atoms with E-state index in [1.165, 1.54) is 18.9 Å². The van der Waals surface area contributed by atoms with Crippen LogP contribution in [0, 0.1) is 5.92 Å². The molecule has 1 saturated carbocycles. The van der Waals surface area contributed by atoms with Crippen LogP contribution in [0.3, 0.4) is 0 Å². The fourth-order valence-electron chi connectivity index (χ4n) is 1.85. The number of carbonyl (C=O) groups is 1. The topological polar surface area (TPSA) is 55.6 Å². The van der Waals surface area contributed by atoms with Gasteiger partial charge >= 0.3 is 5.97 Å². The largest absolute Gasteiger partial charge is 0.463 e. The number of rotatable bonds is 7. The third-order valence-corrected chi connectivity index (χ3v) is 2.91. The van der Waals surface area contributed by atoms with E-state index in [1.54, 1.807) is 6.92 Å². The molecule has 4 heteroatoms. The molecular formula is C12H22N2O2. The van der Waals surface area contributed by atoms with E-state index in [4.69, 9.17) is 10.5 Å². The van der Waals surface area contributed by atoms with Crippen LogP contribution in [0.2, 0.25) is 0 Å². The van der Waals surface area contributed by atoms with Gasteiger partial charge in [-0.25, -0.2) is 4.79 Å². The van der Waals surface area contributed by atoms with Crippen molar-refractivity contribution in [1.29, 1.82) is 0 Å². The molecule has 0 aromatic carbocycles. The highest BCUT2D eigenvalue weighted by molar-refractivity contribution is 5.81. The second-order valence-electron chi connectivity index (χ2n) is 4.23. The van der Waals surface area contributed by atoms with E-state index < -0.39 is 0 Å². The first-order valence-corrected chi connectivity index (χ1v) is 5.92. The first-order valence-electron chi connectivity index (χ1n) is 5.92. The summed E-state index contributed by atoms with van der Waals surface area (Å²) >= 11 is 0. The van der Waals surface area contributed by atoms with E-state index in [2.05, 4.69) is 4.90 Å². The summed E-state index contributed by atoms with van der Waals surface area (Å²) in [7, 11) is 2.05. The van der Waals surface area contributed by atoms with Crippen LogP contribution in [0.4, 0.5) is 0 Å². The van der Waals surface area contributed by atoms with Crippen LogP contribution in [0.5, 0.6) is 0 Å². The number of nitrogens with zero attached hydrogens (tertiary/aromatic N) is 1. The molecule has 2 N–H and O–H groups in total. The standard InChI is InChI=1S/C12H22N2O2/c1-3-16-12(15)5-4-8-14(2)11(9-13)10-6-7-10/h4-5,10-11H,3,6-9,13H2,1-2H3/b5-4+.